The molecule has 0 heterocycles. The second kappa shape index (κ2) is 4.99. The highest BCUT2D eigenvalue weighted by molar-refractivity contribution is 5.81. The van der Waals surface area contributed by atoms with Crippen molar-refractivity contribution in [3.05, 3.63) is 23.5 Å². The predicted molar refractivity (Wildman–Crippen MR) is 93.9 cm³/mol. The SMILES string of the molecule is CC12CCC3C(C)(CC(C(=O)O)C4CC(=O)CCC43C)C1=CC=C2O. The Hall–Kier alpha value is -1.58. The van der Waals surface area contributed by atoms with Gasteiger partial charge in [-0.25, -0.2) is 0 Å². The maximum Gasteiger partial charge on any atom is 0.306 e. The summed E-state index contributed by atoms with van der Waals surface area (Å²) in [6, 6.07) is 0. The Morgan fingerprint density at radius 3 is 2.60 bits per heavy atom. The lowest BCUT2D eigenvalue weighted by molar-refractivity contribution is -0.169. The van der Waals surface area contributed by atoms with Crippen molar-refractivity contribution in [1.29, 1.82) is 0 Å². The topological polar surface area (TPSA) is 74.6 Å². The van der Waals surface area contributed by atoms with E-state index in [1.165, 1.54) is 5.57 Å². The van der Waals surface area contributed by atoms with Crippen molar-refractivity contribution >= 4 is 11.8 Å². The molecule has 0 aromatic rings. The van der Waals surface area contributed by atoms with E-state index in [1.807, 2.05) is 6.08 Å². The third-order valence-corrected chi connectivity index (χ3v) is 8.37. The fourth-order valence-electron chi connectivity index (χ4n) is 7.07. The van der Waals surface area contributed by atoms with Crippen molar-refractivity contribution < 1.29 is 19.8 Å². The van der Waals surface area contributed by atoms with Gasteiger partial charge >= 0.3 is 5.97 Å². The Labute approximate surface area is 149 Å². The Balaban J connectivity index is 1.83. The zero-order valence-corrected chi connectivity index (χ0v) is 15.3. The molecule has 3 fully saturated rings. The van der Waals surface area contributed by atoms with Gasteiger partial charge in [0, 0.05) is 18.3 Å². The molecular weight excluding hydrogens is 316 g/mol. The quantitative estimate of drug-likeness (QED) is 0.745. The highest BCUT2D eigenvalue weighted by atomic mass is 16.4. The third-order valence-electron chi connectivity index (χ3n) is 8.37. The van der Waals surface area contributed by atoms with Crippen molar-refractivity contribution in [1.82, 2.24) is 0 Å². The van der Waals surface area contributed by atoms with Gasteiger partial charge in [0.15, 0.2) is 0 Å². The van der Waals surface area contributed by atoms with Gasteiger partial charge in [-0.1, -0.05) is 25.5 Å². The number of aliphatic hydroxyl groups excluding tert-OH is 1. The molecule has 4 rings (SSSR count). The Morgan fingerprint density at radius 1 is 1.20 bits per heavy atom. The molecule has 0 amide bonds. The summed E-state index contributed by atoms with van der Waals surface area (Å²) in [5, 5.41) is 20.4. The van der Waals surface area contributed by atoms with E-state index in [1.54, 1.807) is 6.08 Å². The molecule has 4 aliphatic rings. The van der Waals surface area contributed by atoms with Crippen molar-refractivity contribution in [2.24, 2.45) is 34.0 Å². The first-order valence-electron chi connectivity index (χ1n) is 9.50. The summed E-state index contributed by atoms with van der Waals surface area (Å²) in [5.41, 5.74) is 0.506. The van der Waals surface area contributed by atoms with Gasteiger partial charge in [0.1, 0.15) is 11.5 Å². The molecule has 4 heteroatoms. The van der Waals surface area contributed by atoms with E-state index in [0.717, 1.165) is 19.3 Å². The molecule has 0 saturated heterocycles. The maximum atomic E-state index is 12.1. The Kier molecular flexibility index (Phi) is 3.36. The standard InChI is InChI=1S/C21H28O4/c1-19-8-6-12(22)10-14(19)13(18(24)25)11-21(3)15-4-5-17(23)20(15,2)9-7-16(19)21/h4-5,13-14,16,23H,6-11H2,1-3H3,(H,24,25). The minimum Gasteiger partial charge on any atom is -0.511 e. The molecule has 0 aliphatic heterocycles. The Morgan fingerprint density at radius 2 is 1.92 bits per heavy atom. The third kappa shape index (κ3) is 2.00. The zero-order valence-electron chi connectivity index (χ0n) is 15.3. The summed E-state index contributed by atoms with van der Waals surface area (Å²) in [4.78, 5) is 24.2. The van der Waals surface area contributed by atoms with E-state index in [0.29, 0.717) is 30.9 Å². The van der Waals surface area contributed by atoms with Crippen molar-refractivity contribution in [3.63, 3.8) is 0 Å². The molecular formula is C21H28O4. The van der Waals surface area contributed by atoms with E-state index in [4.69, 9.17) is 0 Å². The number of rotatable bonds is 1. The number of ketones is 1. The number of hydrogen-bond acceptors (Lipinski definition) is 3. The Bertz CT molecular complexity index is 719. The summed E-state index contributed by atoms with van der Waals surface area (Å²) in [6.45, 7) is 6.53. The van der Waals surface area contributed by atoms with Crippen LogP contribution in [-0.4, -0.2) is 22.0 Å². The van der Waals surface area contributed by atoms with Crippen LogP contribution in [0.5, 0.6) is 0 Å². The number of fused-ring (bicyclic) bond motifs is 5. The summed E-state index contributed by atoms with van der Waals surface area (Å²) >= 11 is 0. The van der Waals surface area contributed by atoms with Crippen molar-refractivity contribution in [3.8, 4) is 0 Å². The fraction of sp³-hybridized carbons (Fsp3) is 0.714. The van der Waals surface area contributed by atoms with Gasteiger partial charge < -0.3 is 10.2 Å². The lowest BCUT2D eigenvalue weighted by Gasteiger charge is -2.64. The van der Waals surface area contributed by atoms with Crippen LogP contribution >= 0.6 is 0 Å². The predicted octanol–water partition coefficient (Wildman–Crippen LogP) is 4.27. The van der Waals surface area contributed by atoms with Crippen LogP contribution in [0.1, 0.15) is 59.3 Å². The molecule has 4 aliphatic carbocycles. The van der Waals surface area contributed by atoms with E-state index >= 15 is 0 Å². The van der Waals surface area contributed by atoms with E-state index in [-0.39, 0.29) is 27.9 Å². The summed E-state index contributed by atoms with van der Waals surface area (Å²) in [6.07, 6.45) is 8.08. The highest BCUT2D eigenvalue weighted by Crippen LogP contribution is 2.70. The van der Waals surface area contributed by atoms with Crippen LogP contribution in [0.25, 0.3) is 0 Å². The lowest BCUT2D eigenvalue weighted by atomic mass is 9.39. The van der Waals surface area contributed by atoms with Gasteiger partial charge in [0.05, 0.1) is 5.92 Å². The number of aliphatic hydroxyl groups is 1. The largest absolute Gasteiger partial charge is 0.511 e. The number of aliphatic carboxylic acids is 1. The molecule has 25 heavy (non-hydrogen) atoms. The van der Waals surface area contributed by atoms with Gasteiger partial charge in [0.2, 0.25) is 0 Å². The summed E-state index contributed by atoms with van der Waals surface area (Å²) in [7, 11) is 0. The highest BCUT2D eigenvalue weighted by Gasteiger charge is 2.65. The zero-order chi connectivity index (χ0) is 18.2. The minimum absolute atomic E-state index is 0.0581. The summed E-state index contributed by atoms with van der Waals surface area (Å²) < 4.78 is 0. The number of allylic oxidation sites excluding steroid dienone is 3. The van der Waals surface area contributed by atoms with Gasteiger partial charge in [0.25, 0.3) is 0 Å². The first-order valence-corrected chi connectivity index (χ1v) is 9.50. The summed E-state index contributed by atoms with van der Waals surface area (Å²) in [5.74, 6) is -0.308. The fourth-order valence-corrected chi connectivity index (χ4v) is 7.07. The van der Waals surface area contributed by atoms with Gasteiger partial charge in [-0.15, -0.1) is 0 Å². The molecule has 2 N–H and O–H groups in total. The second-order valence-corrected chi connectivity index (χ2v) is 9.48. The van der Waals surface area contributed by atoms with Crippen molar-refractivity contribution in [2.45, 2.75) is 59.3 Å². The molecule has 0 spiro atoms. The molecule has 3 saturated carbocycles. The van der Waals surface area contributed by atoms with Crippen molar-refractivity contribution in [2.75, 3.05) is 0 Å². The van der Waals surface area contributed by atoms with Crippen LogP contribution in [0.15, 0.2) is 23.5 Å². The molecule has 0 aromatic heterocycles. The molecule has 0 radical (unpaired) electrons. The van der Waals surface area contributed by atoms with Crippen LogP contribution in [0, 0.1) is 34.0 Å². The average molecular weight is 344 g/mol. The number of carbonyl (C=O) groups excluding carboxylic acids is 1. The number of carboxylic acid groups (broad SMARTS) is 1. The van der Waals surface area contributed by atoms with Crippen LogP contribution in [0.4, 0.5) is 0 Å². The smallest absolute Gasteiger partial charge is 0.306 e. The first kappa shape index (κ1) is 16.9. The van der Waals surface area contributed by atoms with Crippen LogP contribution < -0.4 is 0 Å². The van der Waals surface area contributed by atoms with E-state index < -0.39 is 11.9 Å². The van der Waals surface area contributed by atoms with Gasteiger partial charge in [-0.3, -0.25) is 9.59 Å². The average Bonchev–Trinajstić information content (AvgIpc) is 2.84. The minimum atomic E-state index is -0.770. The molecule has 4 nitrogen and oxygen atoms in total. The molecule has 0 bridgehead atoms. The van der Waals surface area contributed by atoms with Crippen LogP contribution in [0.3, 0.4) is 0 Å². The van der Waals surface area contributed by atoms with E-state index in [9.17, 15) is 19.8 Å². The monoisotopic (exact) mass is 344 g/mol. The molecule has 136 valence electrons. The van der Waals surface area contributed by atoms with Crippen LogP contribution in [0.2, 0.25) is 0 Å². The number of carboxylic acids is 1. The van der Waals surface area contributed by atoms with Gasteiger partial charge in [-0.05, 0) is 61.3 Å². The van der Waals surface area contributed by atoms with Gasteiger partial charge in [-0.2, -0.15) is 0 Å². The van der Waals surface area contributed by atoms with E-state index in [2.05, 4.69) is 20.8 Å². The molecule has 6 unspecified atom stereocenters. The lowest BCUT2D eigenvalue weighted by Crippen LogP contribution is -2.59. The second-order valence-electron chi connectivity index (χ2n) is 9.48. The number of carbonyl (C=O) groups is 2. The first-order chi connectivity index (χ1) is 11.6. The van der Waals surface area contributed by atoms with Crippen LogP contribution in [-0.2, 0) is 9.59 Å². The molecule has 6 atom stereocenters. The number of hydrogen-bond donors (Lipinski definition) is 2. The maximum absolute atomic E-state index is 12.1. The number of Topliss-reactive ketones (excluding diaryl/α,β-unsaturated/α-hetero) is 1. The molecule has 0 aromatic carbocycles. The normalized spacial score (nSPS) is 48.8.